The summed E-state index contributed by atoms with van der Waals surface area (Å²) < 4.78 is 17.5. The summed E-state index contributed by atoms with van der Waals surface area (Å²) in [7, 11) is 1.30. The molecule has 2 aromatic rings. The number of methoxy groups -OCH3 is 1. The van der Waals surface area contributed by atoms with Gasteiger partial charge in [0.2, 0.25) is 0 Å². The van der Waals surface area contributed by atoms with Crippen LogP contribution >= 0.6 is 0 Å². The van der Waals surface area contributed by atoms with Crippen molar-refractivity contribution in [2.24, 2.45) is 0 Å². The molecule has 0 spiro atoms. The van der Waals surface area contributed by atoms with Crippen molar-refractivity contribution in [3.05, 3.63) is 65.0 Å². The number of hydrogen-bond donors (Lipinski definition) is 2. The molecule has 0 saturated heterocycles. The molecule has 2 N–H and O–H groups in total. The van der Waals surface area contributed by atoms with Gasteiger partial charge in [0, 0.05) is 12.2 Å². The van der Waals surface area contributed by atoms with E-state index in [1.54, 1.807) is 30.3 Å². The molecular weight excluding hydrogens is 311 g/mol. The first kappa shape index (κ1) is 17.5. The van der Waals surface area contributed by atoms with E-state index >= 15 is 0 Å². The minimum Gasteiger partial charge on any atom is -0.465 e. The molecule has 0 fully saturated rings. The lowest BCUT2D eigenvalue weighted by atomic mass is 10.1. The third kappa shape index (κ3) is 4.81. The number of amides is 2. The molecule has 0 unspecified atom stereocenters. The van der Waals surface area contributed by atoms with Crippen LogP contribution in [0.3, 0.4) is 0 Å². The van der Waals surface area contributed by atoms with Crippen LogP contribution in [-0.2, 0) is 11.2 Å². The van der Waals surface area contributed by atoms with Crippen LogP contribution in [-0.4, -0.2) is 25.7 Å². The Morgan fingerprint density at radius 1 is 1.12 bits per heavy atom. The van der Waals surface area contributed by atoms with Gasteiger partial charge in [0.25, 0.3) is 0 Å². The number of rotatable bonds is 5. The van der Waals surface area contributed by atoms with Crippen LogP contribution in [0, 0.1) is 12.7 Å². The van der Waals surface area contributed by atoms with Gasteiger partial charge in [0.15, 0.2) is 0 Å². The van der Waals surface area contributed by atoms with Gasteiger partial charge in [0.1, 0.15) is 5.82 Å². The van der Waals surface area contributed by atoms with Crippen molar-refractivity contribution in [2.45, 2.75) is 13.3 Å². The van der Waals surface area contributed by atoms with E-state index < -0.39 is 5.97 Å². The van der Waals surface area contributed by atoms with Gasteiger partial charge in [-0.05, 0) is 48.7 Å². The van der Waals surface area contributed by atoms with Crippen molar-refractivity contribution >= 4 is 17.7 Å². The zero-order chi connectivity index (χ0) is 17.5. The fourth-order valence-corrected chi connectivity index (χ4v) is 2.14. The summed E-state index contributed by atoms with van der Waals surface area (Å²) in [6.45, 7) is 2.24. The van der Waals surface area contributed by atoms with Crippen LogP contribution in [0.5, 0.6) is 0 Å². The van der Waals surface area contributed by atoms with E-state index in [0.29, 0.717) is 24.2 Å². The van der Waals surface area contributed by atoms with Crippen LogP contribution < -0.4 is 10.6 Å². The van der Waals surface area contributed by atoms with Crippen molar-refractivity contribution < 1.29 is 18.7 Å². The third-order valence-electron chi connectivity index (χ3n) is 3.52. The Morgan fingerprint density at radius 2 is 1.83 bits per heavy atom. The second-order valence-electron chi connectivity index (χ2n) is 5.28. The van der Waals surface area contributed by atoms with Gasteiger partial charge in [-0.15, -0.1) is 0 Å². The molecule has 0 bridgehead atoms. The van der Waals surface area contributed by atoms with Gasteiger partial charge < -0.3 is 15.4 Å². The van der Waals surface area contributed by atoms with Crippen molar-refractivity contribution in [1.82, 2.24) is 5.32 Å². The standard InChI is InChI=1S/C18H19FN2O3/c1-12-3-6-14(17(22)24-2)11-16(12)21-18(23)20-10-9-13-4-7-15(19)8-5-13/h3-8,11H,9-10H2,1-2H3,(H2,20,21,23). The molecule has 0 aliphatic carbocycles. The molecule has 126 valence electrons. The monoisotopic (exact) mass is 330 g/mol. The van der Waals surface area contributed by atoms with E-state index in [1.807, 2.05) is 6.92 Å². The number of hydrogen-bond acceptors (Lipinski definition) is 3. The highest BCUT2D eigenvalue weighted by Crippen LogP contribution is 2.17. The van der Waals surface area contributed by atoms with E-state index in [-0.39, 0.29) is 11.8 Å². The zero-order valence-electron chi connectivity index (χ0n) is 13.6. The van der Waals surface area contributed by atoms with Gasteiger partial charge in [-0.2, -0.15) is 0 Å². The van der Waals surface area contributed by atoms with Crippen LogP contribution in [0.2, 0.25) is 0 Å². The number of benzene rings is 2. The molecule has 5 nitrogen and oxygen atoms in total. The number of ether oxygens (including phenoxy) is 1. The molecule has 0 saturated carbocycles. The van der Waals surface area contributed by atoms with E-state index in [2.05, 4.69) is 15.4 Å². The average molecular weight is 330 g/mol. The number of aryl methyl sites for hydroxylation is 1. The maximum absolute atomic E-state index is 12.8. The largest absolute Gasteiger partial charge is 0.465 e. The Bertz CT molecular complexity index is 730. The molecule has 2 rings (SSSR count). The smallest absolute Gasteiger partial charge is 0.337 e. The number of anilines is 1. The Kier molecular flexibility index (Phi) is 5.89. The van der Waals surface area contributed by atoms with Crippen molar-refractivity contribution in [1.29, 1.82) is 0 Å². The Hall–Kier alpha value is -2.89. The number of urea groups is 1. The van der Waals surface area contributed by atoms with Crippen LogP contribution in [0.25, 0.3) is 0 Å². The van der Waals surface area contributed by atoms with Gasteiger partial charge in [-0.25, -0.2) is 14.0 Å². The summed E-state index contributed by atoms with van der Waals surface area (Å²) >= 11 is 0. The minimum atomic E-state index is -0.463. The molecule has 2 amide bonds. The highest BCUT2D eigenvalue weighted by molar-refractivity contribution is 5.94. The maximum atomic E-state index is 12.8. The molecule has 24 heavy (non-hydrogen) atoms. The van der Waals surface area contributed by atoms with Gasteiger partial charge in [-0.3, -0.25) is 0 Å². The number of nitrogens with one attached hydrogen (secondary N) is 2. The minimum absolute atomic E-state index is 0.287. The second kappa shape index (κ2) is 8.10. The number of carbonyl (C=O) groups is 2. The summed E-state index contributed by atoms with van der Waals surface area (Å²) in [6.07, 6.45) is 0.592. The fourth-order valence-electron chi connectivity index (χ4n) is 2.14. The predicted molar refractivity (Wildman–Crippen MR) is 89.6 cm³/mol. The number of halogens is 1. The van der Waals surface area contributed by atoms with Crippen molar-refractivity contribution in [3.63, 3.8) is 0 Å². The molecular formula is C18H19FN2O3. The molecule has 0 radical (unpaired) electrons. The SMILES string of the molecule is COC(=O)c1ccc(C)c(NC(=O)NCCc2ccc(F)cc2)c1. The molecule has 0 atom stereocenters. The maximum Gasteiger partial charge on any atom is 0.337 e. The summed E-state index contributed by atoms with van der Waals surface area (Å²) in [5.41, 5.74) is 2.67. The van der Waals surface area contributed by atoms with Crippen LogP contribution in [0.1, 0.15) is 21.5 Å². The van der Waals surface area contributed by atoms with E-state index in [9.17, 15) is 14.0 Å². The van der Waals surface area contributed by atoms with E-state index in [0.717, 1.165) is 11.1 Å². The lowest BCUT2D eigenvalue weighted by Gasteiger charge is -2.11. The second-order valence-corrected chi connectivity index (χ2v) is 5.28. The summed E-state index contributed by atoms with van der Waals surface area (Å²) in [5, 5.41) is 5.43. The normalized spacial score (nSPS) is 10.1. The van der Waals surface area contributed by atoms with Gasteiger partial charge >= 0.3 is 12.0 Å². The first-order valence-electron chi connectivity index (χ1n) is 7.48. The Morgan fingerprint density at radius 3 is 2.50 bits per heavy atom. The summed E-state index contributed by atoms with van der Waals surface area (Å²) in [5.74, 6) is -0.750. The Labute approximate surface area is 139 Å². The zero-order valence-corrected chi connectivity index (χ0v) is 13.6. The molecule has 0 aliphatic heterocycles. The molecule has 0 aromatic heterocycles. The highest BCUT2D eigenvalue weighted by atomic mass is 19.1. The first-order valence-corrected chi connectivity index (χ1v) is 7.48. The van der Waals surface area contributed by atoms with Crippen LogP contribution in [0.15, 0.2) is 42.5 Å². The fraction of sp³-hybridized carbons (Fsp3) is 0.222. The average Bonchev–Trinajstić information content (AvgIpc) is 2.58. The molecule has 6 heteroatoms. The number of esters is 1. The molecule has 0 heterocycles. The highest BCUT2D eigenvalue weighted by Gasteiger charge is 2.10. The van der Waals surface area contributed by atoms with Gasteiger partial charge in [0.05, 0.1) is 12.7 Å². The Balaban J connectivity index is 1.90. The molecule has 2 aromatic carbocycles. The quantitative estimate of drug-likeness (QED) is 0.827. The topological polar surface area (TPSA) is 67.4 Å². The lowest BCUT2D eigenvalue weighted by molar-refractivity contribution is 0.0600. The van der Waals surface area contributed by atoms with Crippen molar-refractivity contribution in [2.75, 3.05) is 19.0 Å². The number of carbonyl (C=O) groups excluding carboxylic acids is 2. The predicted octanol–water partition coefficient (Wildman–Crippen LogP) is 3.28. The summed E-state index contributed by atoms with van der Waals surface area (Å²) in [4.78, 5) is 23.5. The first-order chi connectivity index (χ1) is 11.5. The van der Waals surface area contributed by atoms with E-state index in [1.165, 1.54) is 19.2 Å². The van der Waals surface area contributed by atoms with Crippen LogP contribution in [0.4, 0.5) is 14.9 Å². The third-order valence-corrected chi connectivity index (χ3v) is 3.52. The summed E-state index contributed by atoms with van der Waals surface area (Å²) in [6, 6.07) is 10.7. The van der Waals surface area contributed by atoms with Gasteiger partial charge in [-0.1, -0.05) is 18.2 Å². The molecule has 0 aliphatic rings. The van der Waals surface area contributed by atoms with Crippen molar-refractivity contribution in [3.8, 4) is 0 Å². The lowest BCUT2D eigenvalue weighted by Crippen LogP contribution is -2.30. The van der Waals surface area contributed by atoms with E-state index in [4.69, 9.17) is 0 Å².